The number of hydrogen-bond donors (Lipinski definition) is 2. The van der Waals surface area contributed by atoms with Crippen LogP contribution in [-0.2, 0) is 12.8 Å². The Morgan fingerprint density at radius 2 is 2.20 bits per heavy atom. The Labute approximate surface area is 88.3 Å². The maximum atomic E-state index is 8.35. The molecule has 0 aromatic heterocycles. The van der Waals surface area contributed by atoms with Crippen molar-refractivity contribution in [2.45, 2.75) is 19.3 Å². The molecular formula is C11H14N2O2. The quantitative estimate of drug-likeness (QED) is 0.339. The van der Waals surface area contributed by atoms with Gasteiger partial charge >= 0.3 is 0 Å². The molecule has 1 aliphatic rings. The van der Waals surface area contributed by atoms with Crippen LogP contribution in [0.25, 0.3) is 0 Å². The van der Waals surface area contributed by atoms with E-state index in [4.69, 9.17) is 15.7 Å². The van der Waals surface area contributed by atoms with Crippen LogP contribution in [0.15, 0.2) is 23.4 Å². The summed E-state index contributed by atoms with van der Waals surface area (Å²) in [6.07, 6.45) is 3.50. The zero-order valence-electron chi connectivity index (χ0n) is 8.44. The first-order valence-corrected chi connectivity index (χ1v) is 5.00. The summed E-state index contributed by atoms with van der Waals surface area (Å²) in [7, 11) is 0. The van der Waals surface area contributed by atoms with Crippen molar-refractivity contribution in [3.8, 4) is 5.75 Å². The molecule has 1 aliphatic carbocycles. The fraction of sp³-hybridized carbons (Fsp3) is 0.364. The number of aryl methyl sites for hydroxylation is 2. The van der Waals surface area contributed by atoms with E-state index in [0.29, 0.717) is 0 Å². The number of oxime groups is 1. The van der Waals surface area contributed by atoms with Gasteiger partial charge in [-0.15, -0.1) is 0 Å². The summed E-state index contributed by atoms with van der Waals surface area (Å²) >= 11 is 0. The number of hydrogen-bond acceptors (Lipinski definition) is 3. The smallest absolute Gasteiger partial charge is 0.177 e. The van der Waals surface area contributed by atoms with Crippen molar-refractivity contribution in [2.24, 2.45) is 10.9 Å². The zero-order chi connectivity index (χ0) is 10.7. The van der Waals surface area contributed by atoms with Crippen LogP contribution in [0.1, 0.15) is 17.5 Å². The largest absolute Gasteiger partial charge is 0.486 e. The normalized spacial score (nSPS) is 15.1. The zero-order valence-corrected chi connectivity index (χ0v) is 8.44. The van der Waals surface area contributed by atoms with Gasteiger partial charge in [-0.25, -0.2) is 0 Å². The van der Waals surface area contributed by atoms with Crippen LogP contribution >= 0.6 is 0 Å². The fourth-order valence-electron chi connectivity index (χ4n) is 1.82. The van der Waals surface area contributed by atoms with Crippen LogP contribution in [0, 0.1) is 0 Å². The molecule has 0 bridgehead atoms. The van der Waals surface area contributed by atoms with E-state index in [-0.39, 0.29) is 12.4 Å². The van der Waals surface area contributed by atoms with E-state index < -0.39 is 0 Å². The average molecular weight is 206 g/mol. The van der Waals surface area contributed by atoms with Crippen LogP contribution in [0.5, 0.6) is 5.75 Å². The molecule has 0 unspecified atom stereocenters. The van der Waals surface area contributed by atoms with Gasteiger partial charge in [-0.1, -0.05) is 11.2 Å². The Morgan fingerprint density at radius 1 is 1.40 bits per heavy atom. The minimum Gasteiger partial charge on any atom is -0.486 e. The molecule has 0 heterocycles. The molecule has 0 saturated heterocycles. The van der Waals surface area contributed by atoms with Crippen molar-refractivity contribution in [3.63, 3.8) is 0 Å². The van der Waals surface area contributed by atoms with E-state index in [2.05, 4.69) is 11.2 Å². The summed E-state index contributed by atoms with van der Waals surface area (Å²) in [5.41, 5.74) is 8.07. The van der Waals surface area contributed by atoms with Gasteiger partial charge in [0.05, 0.1) is 0 Å². The molecule has 0 amide bonds. The van der Waals surface area contributed by atoms with E-state index in [1.54, 1.807) is 0 Å². The van der Waals surface area contributed by atoms with Crippen LogP contribution < -0.4 is 10.5 Å². The lowest BCUT2D eigenvalue weighted by Gasteiger charge is -2.06. The molecule has 0 saturated carbocycles. The van der Waals surface area contributed by atoms with Gasteiger partial charge in [0, 0.05) is 0 Å². The molecule has 0 atom stereocenters. The first-order chi connectivity index (χ1) is 7.29. The second-order valence-corrected chi connectivity index (χ2v) is 3.66. The Hall–Kier alpha value is -1.71. The van der Waals surface area contributed by atoms with Gasteiger partial charge in [0.2, 0.25) is 0 Å². The average Bonchev–Trinajstić information content (AvgIpc) is 2.72. The van der Waals surface area contributed by atoms with Crippen LogP contribution in [0.3, 0.4) is 0 Å². The molecule has 15 heavy (non-hydrogen) atoms. The van der Waals surface area contributed by atoms with E-state index in [0.717, 1.165) is 18.6 Å². The standard InChI is InChI=1S/C11H14N2O2/c12-11(13-14)7-15-10-5-4-8-2-1-3-9(8)6-10/h4-6,14H,1-3,7H2,(H2,12,13). The van der Waals surface area contributed by atoms with E-state index in [1.807, 2.05) is 12.1 Å². The highest BCUT2D eigenvalue weighted by Gasteiger charge is 2.11. The number of rotatable bonds is 3. The number of fused-ring (bicyclic) bond motifs is 1. The van der Waals surface area contributed by atoms with Crippen LogP contribution in [0.4, 0.5) is 0 Å². The molecule has 0 fully saturated rings. The maximum absolute atomic E-state index is 8.35. The summed E-state index contributed by atoms with van der Waals surface area (Å²) in [6.45, 7) is 0.120. The minimum atomic E-state index is 0.0792. The second kappa shape index (κ2) is 4.21. The molecule has 3 N–H and O–H groups in total. The third kappa shape index (κ3) is 2.21. The van der Waals surface area contributed by atoms with Crippen molar-refractivity contribution in [1.82, 2.24) is 0 Å². The predicted molar refractivity (Wildman–Crippen MR) is 57.4 cm³/mol. The molecular weight excluding hydrogens is 192 g/mol. The Balaban J connectivity index is 2.04. The highest BCUT2D eigenvalue weighted by atomic mass is 16.5. The number of amidine groups is 1. The lowest BCUT2D eigenvalue weighted by molar-refractivity contribution is 0.306. The van der Waals surface area contributed by atoms with Gasteiger partial charge in [-0.3, -0.25) is 0 Å². The van der Waals surface area contributed by atoms with Crippen molar-refractivity contribution < 1.29 is 9.94 Å². The lowest BCUT2D eigenvalue weighted by Crippen LogP contribution is -2.20. The van der Waals surface area contributed by atoms with Crippen molar-refractivity contribution >= 4 is 5.84 Å². The number of benzene rings is 1. The van der Waals surface area contributed by atoms with Gasteiger partial charge in [0.25, 0.3) is 0 Å². The molecule has 1 aromatic carbocycles. The Kier molecular flexibility index (Phi) is 2.76. The Morgan fingerprint density at radius 3 is 3.00 bits per heavy atom. The topological polar surface area (TPSA) is 67.8 Å². The molecule has 1 aromatic rings. The summed E-state index contributed by atoms with van der Waals surface area (Å²) in [6, 6.07) is 6.05. The van der Waals surface area contributed by atoms with Crippen molar-refractivity contribution in [1.29, 1.82) is 0 Å². The first-order valence-electron chi connectivity index (χ1n) is 5.00. The predicted octanol–water partition coefficient (Wildman–Crippen LogP) is 1.30. The van der Waals surface area contributed by atoms with E-state index in [9.17, 15) is 0 Å². The SMILES string of the molecule is N/C(COc1ccc2c(c1)CCC2)=N\O. The number of nitrogens with two attached hydrogens (primary N) is 1. The lowest BCUT2D eigenvalue weighted by atomic mass is 10.1. The molecule has 0 spiro atoms. The highest BCUT2D eigenvalue weighted by molar-refractivity contribution is 5.81. The van der Waals surface area contributed by atoms with Gasteiger partial charge in [0.1, 0.15) is 12.4 Å². The highest BCUT2D eigenvalue weighted by Crippen LogP contribution is 2.25. The third-order valence-electron chi connectivity index (χ3n) is 2.59. The van der Waals surface area contributed by atoms with E-state index in [1.165, 1.54) is 17.5 Å². The maximum Gasteiger partial charge on any atom is 0.177 e. The molecule has 0 radical (unpaired) electrons. The number of nitrogens with zero attached hydrogens (tertiary/aromatic N) is 1. The van der Waals surface area contributed by atoms with Crippen LogP contribution in [0.2, 0.25) is 0 Å². The summed E-state index contributed by atoms with van der Waals surface area (Å²) in [4.78, 5) is 0. The molecule has 80 valence electrons. The van der Waals surface area contributed by atoms with Gasteiger partial charge in [0.15, 0.2) is 5.84 Å². The Bertz CT molecular complexity index is 388. The van der Waals surface area contributed by atoms with Gasteiger partial charge in [-0.05, 0) is 42.5 Å². The molecule has 4 nitrogen and oxygen atoms in total. The molecule has 2 rings (SSSR count). The minimum absolute atomic E-state index is 0.0792. The summed E-state index contributed by atoms with van der Waals surface area (Å²) < 4.78 is 5.37. The monoisotopic (exact) mass is 206 g/mol. The third-order valence-corrected chi connectivity index (χ3v) is 2.59. The number of ether oxygens (including phenoxy) is 1. The molecule has 0 aliphatic heterocycles. The summed E-state index contributed by atoms with van der Waals surface area (Å²) in [5.74, 6) is 0.859. The molecule has 4 heteroatoms. The van der Waals surface area contributed by atoms with Crippen molar-refractivity contribution in [2.75, 3.05) is 6.61 Å². The van der Waals surface area contributed by atoms with Crippen molar-refractivity contribution in [3.05, 3.63) is 29.3 Å². The fourth-order valence-corrected chi connectivity index (χ4v) is 1.82. The van der Waals surface area contributed by atoms with E-state index >= 15 is 0 Å². The van der Waals surface area contributed by atoms with Gasteiger partial charge < -0.3 is 15.7 Å². The van der Waals surface area contributed by atoms with Gasteiger partial charge in [-0.2, -0.15) is 0 Å². The first kappa shape index (κ1) is 9.83. The second-order valence-electron chi connectivity index (χ2n) is 3.66. The van der Waals surface area contributed by atoms with Crippen LogP contribution in [-0.4, -0.2) is 17.6 Å². The summed E-state index contributed by atoms with van der Waals surface area (Å²) in [5, 5.41) is 11.2.